The van der Waals surface area contributed by atoms with Gasteiger partial charge in [0, 0.05) is 18.0 Å². The third kappa shape index (κ3) is 2.61. The number of thiocarbonyl (C=S) groups is 1. The Morgan fingerprint density at radius 1 is 1.13 bits per heavy atom. The van der Waals surface area contributed by atoms with Gasteiger partial charge in [0.25, 0.3) is 5.91 Å². The summed E-state index contributed by atoms with van der Waals surface area (Å²) in [5, 5.41) is 1.02. The number of hydrogen-bond acceptors (Lipinski definition) is 5. The van der Waals surface area contributed by atoms with Gasteiger partial charge in [-0.3, -0.25) is 9.69 Å². The minimum atomic E-state index is 0.106. The highest BCUT2D eigenvalue weighted by Crippen LogP contribution is 2.50. The first-order chi connectivity index (χ1) is 11.2. The third-order valence-electron chi connectivity index (χ3n) is 4.67. The molecule has 6 heteroatoms. The molecule has 23 heavy (non-hydrogen) atoms. The number of thioether (sulfide) groups is 2. The Labute approximate surface area is 150 Å². The average molecular weight is 363 g/mol. The van der Waals surface area contributed by atoms with E-state index in [1.165, 1.54) is 35.9 Å². The minimum absolute atomic E-state index is 0.106. The second-order valence-electron chi connectivity index (χ2n) is 6.10. The van der Waals surface area contributed by atoms with Gasteiger partial charge < -0.3 is 4.90 Å². The van der Waals surface area contributed by atoms with E-state index >= 15 is 0 Å². The average Bonchev–Trinajstić information content (AvgIpc) is 3.05. The lowest BCUT2D eigenvalue weighted by atomic mass is 9.94. The van der Waals surface area contributed by atoms with Crippen molar-refractivity contribution in [1.82, 2.24) is 4.90 Å². The van der Waals surface area contributed by atoms with Crippen LogP contribution in [0.1, 0.15) is 32.1 Å². The van der Waals surface area contributed by atoms with E-state index in [9.17, 15) is 4.79 Å². The highest BCUT2D eigenvalue weighted by atomic mass is 32.2. The van der Waals surface area contributed by atoms with Crippen LogP contribution in [0.2, 0.25) is 0 Å². The number of fused-ring (bicyclic) bond motifs is 1. The third-order valence-corrected chi connectivity index (χ3v) is 7.43. The van der Waals surface area contributed by atoms with Crippen LogP contribution in [0.3, 0.4) is 0 Å². The van der Waals surface area contributed by atoms with E-state index in [1.54, 1.807) is 11.8 Å². The zero-order valence-corrected chi connectivity index (χ0v) is 15.4. The summed E-state index contributed by atoms with van der Waals surface area (Å²) in [4.78, 5) is 19.0. The Kier molecular flexibility index (Phi) is 4.15. The zero-order chi connectivity index (χ0) is 16.0. The fourth-order valence-corrected chi connectivity index (χ4v) is 6.19. The topological polar surface area (TPSA) is 23.6 Å². The standard InChI is InChI=1S/C17H18N2OS3/c1-18-12-9-5-6-10-13(12)22-16(18)14-15(20)19(17(21)23-14)11-7-3-2-4-8-11/h5-6,9-11H,2-4,7-8H2,1H3/b16-14+. The molecule has 120 valence electrons. The Hall–Kier alpha value is -0.980. The number of carbonyl (C=O) groups excluding carboxylic acids is 1. The normalized spacial score (nSPS) is 25.4. The molecule has 2 heterocycles. The molecule has 0 N–H and O–H groups in total. The summed E-state index contributed by atoms with van der Waals surface area (Å²) in [5.74, 6) is 0.106. The summed E-state index contributed by atoms with van der Waals surface area (Å²) >= 11 is 8.69. The van der Waals surface area contributed by atoms with Gasteiger partial charge in [0.05, 0.1) is 10.7 Å². The van der Waals surface area contributed by atoms with Crippen molar-refractivity contribution < 1.29 is 4.79 Å². The number of para-hydroxylation sites is 1. The van der Waals surface area contributed by atoms with Gasteiger partial charge in [-0.15, -0.1) is 0 Å². The van der Waals surface area contributed by atoms with Crippen LogP contribution in [-0.2, 0) is 4.79 Å². The van der Waals surface area contributed by atoms with Crippen molar-refractivity contribution >= 4 is 51.7 Å². The second kappa shape index (κ2) is 6.15. The van der Waals surface area contributed by atoms with Crippen molar-refractivity contribution in [2.24, 2.45) is 0 Å². The monoisotopic (exact) mass is 362 g/mol. The summed E-state index contributed by atoms with van der Waals surface area (Å²) in [7, 11) is 2.03. The van der Waals surface area contributed by atoms with Crippen LogP contribution in [0.15, 0.2) is 39.1 Å². The number of amides is 1. The van der Waals surface area contributed by atoms with Crippen LogP contribution in [0, 0.1) is 0 Å². The molecule has 3 aliphatic rings. The second-order valence-corrected chi connectivity index (χ2v) is 8.77. The van der Waals surface area contributed by atoms with Crippen LogP contribution in [0.5, 0.6) is 0 Å². The summed E-state index contributed by atoms with van der Waals surface area (Å²) in [6, 6.07) is 8.57. The maximum atomic E-state index is 13.0. The fraction of sp³-hybridized carbons (Fsp3) is 0.412. The van der Waals surface area contributed by atoms with Crippen molar-refractivity contribution in [2.75, 3.05) is 11.9 Å². The van der Waals surface area contributed by atoms with Crippen molar-refractivity contribution in [3.05, 3.63) is 34.2 Å². The number of carbonyl (C=O) groups is 1. The molecule has 0 aromatic heterocycles. The van der Waals surface area contributed by atoms with Crippen molar-refractivity contribution in [3.8, 4) is 0 Å². The zero-order valence-electron chi connectivity index (χ0n) is 12.9. The molecule has 0 bridgehead atoms. The number of nitrogens with zero attached hydrogens (tertiary/aromatic N) is 2. The Balaban J connectivity index is 1.66. The molecule has 0 atom stereocenters. The summed E-state index contributed by atoms with van der Waals surface area (Å²) in [6.45, 7) is 0. The maximum Gasteiger partial charge on any atom is 0.269 e. The van der Waals surface area contributed by atoms with Crippen LogP contribution < -0.4 is 4.90 Å². The lowest BCUT2D eigenvalue weighted by Crippen LogP contribution is -2.40. The van der Waals surface area contributed by atoms with E-state index in [-0.39, 0.29) is 5.91 Å². The molecule has 1 saturated carbocycles. The number of anilines is 1. The number of rotatable bonds is 1. The minimum Gasteiger partial charge on any atom is -0.337 e. The summed E-state index contributed by atoms with van der Waals surface area (Å²) < 4.78 is 0.731. The fourth-order valence-electron chi connectivity index (χ4n) is 3.46. The summed E-state index contributed by atoms with van der Waals surface area (Å²) in [6.07, 6.45) is 5.85. The first-order valence-electron chi connectivity index (χ1n) is 7.97. The molecular formula is C17H18N2OS3. The molecule has 2 fully saturated rings. The molecule has 0 unspecified atom stereocenters. The van der Waals surface area contributed by atoms with E-state index in [4.69, 9.17) is 12.2 Å². The Morgan fingerprint density at radius 2 is 1.87 bits per heavy atom. The van der Waals surface area contributed by atoms with Gasteiger partial charge in [0.15, 0.2) is 0 Å². The quantitative estimate of drug-likeness (QED) is 0.537. The van der Waals surface area contributed by atoms with Gasteiger partial charge in [0.1, 0.15) is 9.23 Å². The highest BCUT2D eigenvalue weighted by Gasteiger charge is 2.41. The molecule has 1 amide bonds. The van der Waals surface area contributed by atoms with E-state index in [0.29, 0.717) is 6.04 Å². The molecule has 0 spiro atoms. The molecule has 2 aliphatic heterocycles. The summed E-state index contributed by atoms with van der Waals surface area (Å²) in [5.41, 5.74) is 1.16. The van der Waals surface area contributed by atoms with Crippen LogP contribution in [0.4, 0.5) is 5.69 Å². The van der Waals surface area contributed by atoms with Gasteiger partial charge in [-0.05, 0) is 25.0 Å². The molecular weight excluding hydrogens is 344 g/mol. The molecule has 1 aliphatic carbocycles. The SMILES string of the molecule is CN1/C(=C2\SC(=S)N(C3CCCCC3)C2=O)Sc2ccccc21. The molecule has 1 aromatic carbocycles. The number of hydrogen-bond donors (Lipinski definition) is 0. The van der Waals surface area contributed by atoms with E-state index in [1.807, 2.05) is 24.1 Å². The highest BCUT2D eigenvalue weighted by molar-refractivity contribution is 8.27. The first-order valence-corrected chi connectivity index (χ1v) is 10.0. The van der Waals surface area contributed by atoms with Gasteiger partial charge in [-0.25, -0.2) is 0 Å². The predicted octanol–water partition coefficient (Wildman–Crippen LogP) is 4.59. The first kappa shape index (κ1) is 15.5. The van der Waals surface area contributed by atoms with Crippen molar-refractivity contribution in [3.63, 3.8) is 0 Å². The Morgan fingerprint density at radius 3 is 2.61 bits per heavy atom. The Bertz CT molecular complexity index is 710. The molecule has 0 radical (unpaired) electrons. The lowest BCUT2D eigenvalue weighted by molar-refractivity contribution is -0.124. The molecule has 3 nitrogen and oxygen atoms in total. The van der Waals surface area contributed by atoms with Crippen LogP contribution >= 0.6 is 35.7 Å². The van der Waals surface area contributed by atoms with E-state index < -0.39 is 0 Å². The smallest absolute Gasteiger partial charge is 0.269 e. The molecule has 4 rings (SSSR count). The van der Waals surface area contributed by atoms with Gasteiger partial charge in [0.2, 0.25) is 0 Å². The van der Waals surface area contributed by atoms with E-state index in [0.717, 1.165) is 32.8 Å². The van der Waals surface area contributed by atoms with Gasteiger partial charge in [-0.1, -0.05) is 67.1 Å². The van der Waals surface area contributed by atoms with Gasteiger partial charge in [-0.2, -0.15) is 0 Å². The van der Waals surface area contributed by atoms with Crippen LogP contribution in [-0.4, -0.2) is 28.2 Å². The predicted molar refractivity (Wildman–Crippen MR) is 102 cm³/mol. The molecule has 1 aromatic rings. The van der Waals surface area contributed by atoms with Crippen molar-refractivity contribution in [1.29, 1.82) is 0 Å². The van der Waals surface area contributed by atoms with E-state index in [2.05, 4.69) is 17.0 Å². The number of benzene rings is 1. The molecule has 1 saturated heterocycles. The van der Waals surface area contributed by atoms with Gasteiger partial charge >= 0.3 is 0 Å². The maximum absolute atomic E-state index is 13.0. The van der Waals surface area contributed by atoms with Crippen molar-refractivity contribution in [2.45, 2.75) is 43.0 Å². The lowest BCUT2D eigenvalue weighted by Gasteiger charge is -2.30. The van der Waals surface area contributed by atoms with Crippen LogP contribution in [0.25, 0.3) is 0 Å². The largest absolute Gasteiger partial charge is 0.337 e.